The van der Waals surface area contributed by atoms with Crippen molar-refractivity contribution < 1.29 is 9.52 Å². The van der Waals surface area contributed by atoms with Crippen molar-refractivity contribution in [3.05, 3.63) is 21.6 Å². The Morgan fingerprint density at radius 3 is 2.54 bits per heavy atom. The van der Waals surface area contributed by atoms with Crippen molar-refractivity contribution in [3.63, 3.8) is 0 Å². The number of aryl methyl sites for hydroxylation is 1. The van der Waals surface area contributed by atoms with Crippen LogP contribution < -0.4 is 5.73 Å². The smallest absolute Gasteiger partial charge is 0.136 e. The van der Waals surface area contributed by atoms with Crippen LogP contribution in [0, 0.1) is 13.8 Å². The van der Waals surface area contributed by atoms with Crippen LogP contribution in [0.3, 0.4) is 0 Å². The maximum Gasteiger partial charge on any atom is 0.136 e. The molecule has 1 heterocycles. The molecule has 74 valence electrons. The average Bonchev–Trinajstić information content (AvgIpc) is 2.33. The highest BCUT2D eigenvalue weighted by molar-refractivity contribution is 9.10. The molecule has 0 spiro atoms. The largest absolute Gasteiger partial charge is 0.462 e. The molecule has 4 heteroatoms. The van der Waals surface area contributed by atoms with Gasteiger partial charge in [-0.2, -0.15) is 0 Å². The number of hydrogen-bond acceptors (Lipinski definition) is 3. The summed E-state index contributed by atoms with van der Waals surface area (Å²) in [5.41, 5.74) is 6.31. The summed E-state index contributed by atoms with van der Waals surface area (Å²) in [6.07, 6.45) is -0.0600. The predicted molar refractivity (Wildman–Crippen MR) is 54.5 cm³/mol. The molecule has 1 aromatic rings. The summed E-state index contributed by atoms with van der Waals surface area (Å²) in [5.74, 6) is 1.42. The lowest BCUT2D eigenvalue weighted by atomic mass is 10.1. The van der Waals surface area contributed by atoms with Gasteiger partial charge in [0.25, 0.3) is 0 Å². The fourth-order valence-corrected chi connectivity index (χ4v) is 1.54. The molecule has 0 aliphatic rings. The van der Waals surface area contributed by atoms with Crippen molar-refractivity contribution in [3.8, 4) is 0 Å². The van der Waals surface area contributed by atoms with Crippen molar-refractivity contribution in [1.82, 2.24) is 0 Å². The summed E-state index contributed by atoms with van der Waals surface area (Å²) in [6.45, 7) is 4.23. The van der Waals surface area contributed by atoms with E-state index in [9.17, 15) is 5.11 Å². The van der Waals surface area contributed by atoms with Crippen LogP contribution >= 0.6 is 15.9 Å². The van der Waals surface area contributed by atoms with Crippen molar-refractivity contribution >= 4 is 15.9 Å². The third-order valence-corrected chi connectivity index (χ3v) is 3.17. The van der Waals surface area contributed by atoms with E-state index in [0.29, 0.717) is 18.7 Å². The molecule has 0 aliphatic carbocycles. The minimum absolute atomic E-state index is 0.456. The number of halogens is 1. The molecule has 3 N–H and O–H groups in total. The zero-order valence-electron chi connectivity index (χ0n) is 7.80. The lowest BCUT2D eigenvalue weighted by Gasteiger charge is -2.06. The number of aliphatic hydroxyl groups excluding tert-OH is 1. The number of hydrogen-bond donors (Lipinski definition) is 2. The molecule has 3 nitrogen and oxygen atoms in total. The molecular formula is C9H14BrNO2. The molecule has 0 saturated carbocycles. The van der Waals surface area contributed by atoms with E-state index in [-0.39, 0.29) is 0 Å². The second-order valence-electron chi connectivity index (χ2n) is 3.05. The number of nitrogens with two attached hydrogens (primary N) is 1. The van der Waals surface area contributed by atoms with E-state index in [0.717, 1.165) is 15.8 Å². The standard InChI is InChI=1S/C9H14BrNO2/c1-5-8(10)6(2)13-9(5)7(12)3-4-11/h7,12H,3-4,11H2,1-2H3. The van der Waals surface area contributed by atoms with Gasteiger partial charge >= 0.3 is 0 Å². The molecule has 1 rings (SSSR count). The minimum atomic E-state index is -0.588. The Morgan fingerprint density at radius 2 is 2.15 bits per heavy atom. The van der Waals surface area contributed by atoms with Gasteiger partial charge in [0, 0.05) is 5.56 Å². The first-order valence-corrected chi connectivity index (χ1v) is 5.00. The van der Waals surface area contributed by atoms with Crippen LogP contribution in [-0.4, -0.2) is 11.7 Å². The Kier molecular flexibility index (Phi) is 3.53. The fraction of sp³-hybridized carbons (Fsp3) is 0.556. The lowest BCUT2D eigenvalue weighted by molar-refractivity contribution is 0.140. The first-order valence-electron chi connectivity index (χ1n) is 4.21. The summed E-state index contributed by atoms with van der Waals surface area (Å²) in [6, 6.07) is 0. The summed E-state index contributed by atoms with van der Waals surface area (Å²) in [5, 5.41) is 9.64. The van der Waals surface area contributed by atoms with Crippen LogP contribution in [-0.2, 0) is 0 Å². The number of furan rings is 1. The van der Waals surface area contributed by atoms with Crippen molar-refractivity contribution in [1.29, 1.82) is 0 Å². The van der Waals surface area contributed by atoms with Crippen molar-refractivity contribution in [2.24, 2.45) is 5.73 Å². The monoisotopic (exact) mass is 247 g/mol. The molecule has 0 aromatic carbocycles. The maximum absolute atomic E-state index is 9.64. The van der Waals surface area contributed by atoms with Gasteiger partial charge in [-0.15, -0.1) is 0 Å². The summed E-state index contributed by atoms with van der Waals surface area (Å²) in [7, 11) is 0. The molecule has 0 radical (unpaired) electrons. The van der Waals surface area contributed by atoms with E-state index in [4.69, 9.17) is 10.2 Å². The van der Waals surface area contributed by atoms with Crippen LogP contribution in [0.15, 0.2) is 8.89 Å². The highest BCUT2D eigenvalue weighted by Crippen LogP contribution is 2.31. The van der Waals surface area contributed by atoms with E-state index in [1.807, 2.05) is 13.8 Å². The van der Waals surface area contributed by atoms with Crippen LogP contribution in [0.25, 0.3) is 0 Å². The SMILES string of the molecule is Cc1oc(C(O)CCN)c(C)c1Br. The summed E-state index contributed by atoms with van der Waals surface area (Å²) in [4.78, 5) is 0. The third-order valence-electron chi connectivity index (χ3n) is 2.01. The van der Waals surface area contributed by atoms with E-state index in [1.165, 1.54) is 0 Å². The Labute approximate surface area is 86.1 Å². The molecule has 13 heavy (non-hydrogen) atoms. The molecule has 0 bridgehead atoms. The predicted octanol–water partition coefficient (Wildman–Crippen LogP) is 2.04. The highest BCUT2D eigenvalue weighted by Gasteiger charge is 2.18. The van der Waals surface area contributed by atoms with E-state index in [1.54, 1.807) is 0 Å². The minimum Gasteiger partial charge on any atom is -0.462 e. The molecule has 0 aliphatic heterocycles. The van der Waals surface area contributed by atoms with Crippen molar-refractivity contribution in [2.45, 2.75) is 26.4 Å². The summed E-state index contributed by atoms with van der Waals surface area (Å²) < 4.78 is 6.34. The second-order valence-corrected chi connectivity index (χ2v) is 3.85. The Morgan fingerprint density at radius 1 is 1.54 bits per heavy atom. The Hall–Kier alpha value is -0.320. The van der Waals surface area contributed by atoms with Crippen LogP contribution in [0.1, 0.15) is 29.6 Å². The van der Waals surface area contributed by atoms with E-state index < -0.39 is 6.10 Å². The van der Waals surface area contributed by atoms with Gasteiger partial charge in [0.05, 0.1) is 4.47 Å². The first kappa shape index (κ1) is 10.8. The zero-order valence-corrected chi connectivity index (χ0v) is 9.39. The van der Waals surface area contributed by atoms with Crippen LogP contribution in [0.2, 0.25) is 0 Å². The Bertz CT molecular complexity index is 296. The van der Waals surface area contributed by atoms with Gasteiger partial charge in [-0.1, -0.05) is 0 Å². The average molecular weight is 248 g/mol. The fourth-order valence-electron chi connectivity index (χ4n) is 1.27. The zero-order chi connectivity index (χ0) is 10.0. The molecule has 0 amide bonds. The van der Waals surface area contributed by atoms with Gasteiger partial charge in [-0.3, -0.25) is 0 Å². The van der Waals surface area contributed by atoms with Gasteiger partial charge in [0.15, 0.2) is 0 Å². The number of aliphatic hydroxyl groups is 1. The lowest BCUT2D eigenvalue weighted by Crippen LogP contribution is -2.06. The normalized spacial score (nSPS) is 13.3. The van der Waals surface area contributed by atoms with Crippen LogP contribution in [0.4, 0.5) is 0 Å². The molecule has 0 saturated heterocycles. The summed E-state index contributed by atoms with van der Waals surface area (Å²) >= 11 is 3.38. The van der Waals surface area contributed by atoms with E-state index >= 15 is 0 Å². The number of rotatable bonds is 3. The van der Waals surface area contributed by atoms with E-state index in [2.05, 4.69) is 15.9 Å². The van der Waals surface area contributed by atoms with Gasteiger partial charge in [0.1, 0.15) is 17.6 Å². The molecule has 1 atom stereocenters. The van der Waals surface area contributed by atoms with Crippen molar-refractivity contribution in [2.75, 3.05) is 6.54 Å². The quantitative estimate of drug-likeness (QED) is 0.860. The van der Waals surface area contributed by atoms with Gasteiger partial charge < -0.3 is 15.3 Å². The highest BCUT2D eigenvalue weighted by atomic mass is 79.9. The molecule has 0 fully saturated rings. The van der Waals surface area contributed by atoms with Crippen LogP contribution in [0.5, 0.6) is 0 Å². The van der Waals surface area contributed by atoms with Gasteiger partial charge in [-0.05, 0) is 42.7 Å². The maximum atomic E-state index is 9.64. The molecule has 1 aromatic heterocycles. The second kappa shape index (κ2) is 4.26. The first-order chi connectivity index (χ1) is 6.07. The molecule has 1 unspecified atom stereocenters. The molecular weight excluding hydrogens is 234 g/mol. The van der Waals surface area contributed by atoms with Gasteiger partial charge in [-0.25, -0.2) is 0 Å². The third kappa shape index (κ3) is 2.13. The topological polar surface area (TPSA) is 59.4 Å². The Balaban J connectivity index is 2.94. The van der Waals surface area contributed by atoms with Gasteiger partial charge in [0.2, 0.25) is 0 Å².